The molecule has 5 rings (SSSR count). The first-order valence-electron chi connectivity index (χ1n) is 12.4. The number of rotatable bonds is 4. The average Bonchev–Trinajstić information content (AvgIpc) is 2.82. The topological polar surface area (TPSA) is 43.4 Å². The first-order chi connectivity index (χ1) is 15.5. The molecule has 0 aromatic carbocycles. The number of thioether (sulfide) groups is 2. The lowest BCUT2D eigenvalue weighted by Gasteiger charge is -2.63. The van der Waals surface area contributed by atoms with Crippen molar-refractivity contribution in [2.24, 2.45) is 0 Å². The Hall–Kier alpha value is 0.460. The number of ether oxygens (including phenoxy) is 4. The Labute approximate surface area is 202 Å². The highest BCUT2D eigenvalue weighted by Crippen LogP contribution is 2.53. The van der Waals surface area contributed by atoms with Crippen LogP contribution in [0.15, 0.2) is 0 Å². The largest absolute Gasteiger partial charge is 0.381 e. The van der Waals surface area contributed by atoms with Gasteiger partial charge in [-0.25, -0.2) is 0 Å². The van der Waals surface area contributed by atoms with Gasteiger partial charge in [-0.3, -0.25) is 9.80 Å². The molecule has 0 N–H and O–H groups in total. The van der Waals surface area contributed by atoms with Crippen molar-refractivity contribution >= 4 is 23.5 Å². The third kappa shape index (κ3) is 3.89. The van der Waals surface area contributed by atoms with Crippen molar-refractivity contribution in [1.82, 2.24) is 9.80 Å². The molecular weight excluding hydrogens is 444 g/mol. The predicted octanol–water partition coefficient (Wildman–Crippen LogP) is 2.73. The highest BCUT2D eigenvalue weighted by molar-refractivity contribution is 8.01. The monoisotopic (exact) mass is 486 g/mol. The van der Waals surface area contributed by atoms with Gasteiger partial charge in [0.1, 0.15) is 0 Å². The van der Waals surface area contributed by atoms with Gasteiger partial charge in [0.15, 0.2) is 0 Å². The van der Waals surface area contributed by atoms with Crippen LogP contribution in [0.2, 0.25) is 0 Å². The molecule has 184 valence electrons. The van der Waals surface area contributed by atoms with Crippen molar-refractivity contribution in [2.45, 2.75) is 108 Å². The van der Waals surface area contributed by atoms with E-state index in [9.17, 15) is 0 Å². The van der Waals surface area contributed by atoms with Gasteiger partial charge in [0.2, 0.25) is 0 Å². The average molecular weight is 487 g/mol. The van der Waals surface area contributed by atoms with Gasteiger partial charge in [-0.1, -0.05) is 0 Å². The van der Waals surface area contributed by atoms with E-state index in [1.54, 1.807) is 0 Å². The fourth-order valence-corrected chi connectivity index (χ4v) is 11.9. The van der Waals surface area contributed by atoms with E-state index in [4.69, 9.17) is 18.9 Å². The molecule has 0 amide bonds. The molecule has 12 atom stereocenters. The second-order valence-corrected chi connectivity index (χ2v) is 13.3. The fourth-order valence-electron chi connectivity index (χ4n) is 7.59. The third-order valence-electron chi connectivity index (χ3n) is 9.27. The van der Waals surface area contributed by atoms with Gasteiger partial charge in [-0.15, -0.1) is 23.5 Å². The Morgan fingerprint density at radius 2 is 1.00 bits per heavy atom. The summed E-state index contributed by atoms with van der Waals surface area (Å²) in [5.41, 5.74) is 0. The van der Waals surface area contributed by atoms with E-state index < -0.39 is 0 Å². The molecule has 6 nitrogen and oxygen atoms in total. The Kier molecular flexibility index (Phi) is 7.43. The van der Waals surface area contributed by atoms with Crippen LogP contribution in [0.1, 0.15) is 38.5 Å². The summed E-state index contributed by atoms with van der Waals surface area (Å²) < 4.78 is 24.3. The molecule has 0 aromatic heterocycles. The second-order valence-electron chi connectivity index (χ2n) is 10.5. The Balaban J connectivity index is 1.45. The van der Waals surface area contributed by atoms with Crippen LogP contribution >= 0.6 is 23.5 Å². The van der Waals surface area contributed by atoms with E-state index in [0.29, 0.717) is 57.4 Å². The highest BCUT2D eigenvalue weighted by atomic mass is 32.2. The maximum atomic E-state index is 6.38. The van der Waals surface area contributed by atoms with Crippen LogP contribution in [0.25, 0.3) is 0 Å². The van der Waals surface area contributed by atoms with Gasteiger partial charge in [0, 0.05) is 51.0 Å². The Morgan fingerprint density at radius 1 is 0.594 bits per heavy atom. The van der Waals surface area contributed by atoms with Gasteiger partial charge in [0.05, 0.1) is 47.0 Å². The minimum Gasteiger partial charge on any atom is -0.381 e. The van der Waals surface area contributed by atoms with Crippen molar-refractivity contribution in [1.29, 1.82) is 0 Å². The molecule has 8 heteroatoms. The van der Waals surface area contributed by atoms with Crippen LogP contribution in [0.5, 0.6) is 0 Å². The van der Waals surface area contributed by atoms with E-state index in [0.717, 1.165) is 25.7 Å². The summed E-state index contributed by atoms with van der Waals surface area (Å²) in [4.78, 5) is 5.36. The van der Waals surface area contributed by atoms with Crippen LogP contribution in [0, 0.1) is 0 Å². The minimum atomic E-state index is 0.214. The molecule has 0 bridgehead atoms. The van der Waals surface area contributed by atoms with Gasteiger partial charge in [-0.05, 0) is 52.6 Å². The summed E-state index contributed by atoms with van der Waals surface area (Å²) in [6, 6.07) is 1.98. The van der Waals surface area contributed by atoms with Crippen LogP contribution < -0.4 is 0 Å². The van der Waals surface area contributed by atoms with Gasteiger partial charge in [0.25, 0.3) is 0 Å². The molecule has 3 saturated carbocycles. The number of hydrogen-bond acceptors (Lipinski definition) is 8. The maximum absolute atomic E-state index is 6.38. The predicted molar refractivity (Wildman–Crippen MR) is 132 cm³/mol. The molecule has 0 radical (unpaired) electrons. The second kappa shape index (κ2) is 9.84. The smallest absolute Gasteiger partial charge is 0.0872 e. The maximum Gasteiger partial charge on any atom is 0.0872 e. The van der Waals surface area contributed by atoms with Gasteiger partial charge < -0.3 is 18.9 Å². The summed E-state index contributed by atoms with van der Waals surface area (Å²) >= 11 is 4.37. The number of hydrogen-bond donors (Lipinski definition) is 0. The lowest BCUT2D eigenvalue weighted by atomic mass is 9.79. The molecule has 0 aromatic rings. The lowest BCUT2D eigenvalue weighted by Crippen LogP contribution is -2.76. The van der Waals surface area contributed by atoms with Crippen molar-refractivity contribution in [3.05, 3.63) is 0 Å². The van der Waals surface area contributed by atoms with E-state index in [1.165, 1.54) is 12.8 Å². The number of fused-ring (bicyclic) bond motifs is 4. The Morgan fingerprint density at radius 3 is 1.34 bits per heavy atom. The molecule has 2 aliphatic heterocycles. The first-order valence-corrected chi connectivity index (χ1v) is 14.3. The number of methoxy groups -OCH3 is 4. The zero-order valence-electron chi connectivity index (χ0n) is 20.5. The van der Waals surface area contributed by atoms with Crippen LogP contribution in [-0.4, -0.2) is 122 Å². The zero-order chi connectivity index (χ0) is 22.6. The van der Waals surface area contributed by atoms with Crippen molar-refractivity contribution < 1.29 is 18.9 Å². The highest BCUT2D eigenvalue weighted by Gasteiger charge is 2.61. The summed E-state index contributed by atoms with van der Waals surface area (Å²) in [6.07, 6.45) is 8.27. The quantitative estimate of drug-likeness (QED) is 0.601. The molecule has 32 heavy (non-hydrogen) atoms. The van der Waals surface area contributed by atoms with Crippen molar-refractivity contribution in [3.8, 4) is 0 Å². The molecule has 5 aliphatic rings. The molecule has 2 heterocycles. The summed E-state index contributed by atoms with van der Waals surface area (Å²) in [5.74, 6) is 0. The van der Waals surface area contributed by atoms with Crippen molar-refractivity contribution in [3.63, 3.8) is 0 Å². The standard InChI is InChI=1S/C24H42N2O4S2/c1-25-15-9-7-13(27-3)11-17(15)31-23-19(25)21(29-5)24-20(22(23)30-6)26(2)16-10-8-14(28-4)12-18(16)32-24/h13-24H,7-12H2,1-6H3. The van der Waals surface area contributed by atoms with Crippen LogP contribution in [0.4, 0.5) is 0 Å². The third-order valence-corrected chi connectivity index (χ3v) is 12.7. The normalized spacial score (nSPS) is 51.9. The Bertz CT molecular complexity index is 605. The van der Waals surface area contributed by atoms with E-state index >= 15 is 0 Å². The molecule has 0 spiro atoms. The number of nitrogens with zero attached hydrogens (tertiary/aromatic N) is 2. The zero-order valence-corrected chi connectivity index (χ0v) is 22.1. The number of likely N-dealkylation sites (N-methyl/N-ethyl adjacent to an activating group) is 2. The van der Waals surface area contributed by atoms with Crippen LogP contribution in [0.3, 0.4) is 0 Å². The van der Waals surface area contributed by atoms with E-state index in [1.807, 2.05) is 28.4 Å². The van der Waals surface area contributed by atoms with Crippen molar-refractivity contribution in [2.75, 3.05) is 42.5 Å². The molecule has 12 unspecified atom stereocenters. The lowest BCUT2D eigenvalue weighted by molar-refractivity contribution is -0.108. The van der Waals surface area contributed by atoms with Gasteiger partial charge in [-0.2, -0.15) is 0 Å². The minimum absolute atomic E-state index is 0.214. The SMILES string of the molecule is COC1CCC2C(C1)SC1C(OC)C3C(SC4CC(OC)CCC4N3C)C(OC)C1N2C. The van der Waals surface area contributed by atoms with Gasteiger partial charge >= 0.3 is 0 Å². The molecule has 2 saturated heterocycles. The fraction of sp³-hybridized carbons (Fsp3) is 1.00. The van der Waals surface area contributed by atoms with E-state index in [2.05, 4.69) is 47.4 Å². The molecule has 5 fully saturated rings. The summed E-state index contributed by atoms with van der Waals surface area (Å²) in [5, 5.41) is 2.06. The van der Waals surface area contributed by atoms with Crippen LogP contribution in [-0.2, 0) is 18.9 Å². The first kappa shape index (κ1) is 24.2. The summed E-state index contributed by atoms with van der Waals surface area (Å²) in [7, 11) is 12.3. The van der Waals surface area contributed by atoms with E-state index in [-0.39, 0.29) is 12.2 Å². The molecule has 3 aliphatic carbocycles. The molecular formula is C24H42N2O4S2. The summed E-state index contributed by atoms with van der Waals surface area (Å²) in [6.45, 7) is 0.